The van der Waals surface area contributed by atoms with Crippen molar-refractivity contribution in [2.24, 2.45) is 0 Å². The summed E-state index contributed by atoms with van der Waals surface area (Å²) >= 11 is 7.86. The van der Waals surface area contributed by atoms with Crippen LogP contribution in [-0.4, -0.2) is 21.6 Å². The molecule has 7 heteroatoms. The van der Waals surface area contributed by atoms with E-state index in [4.69, 9.17) is 21.0 Å². The van der Waals surface area contributed by atoms with Gasteiger partial charge < -0.3 is 9.73 Å². The van der Waals surface area contributed by atoms with Crippen LogP contribution in [0.25, 0.3) is 11.1 Å². The van der Waals surface area contributed by atoms with Gasteiger partial charge in [-0.05, 0) is 85.5 Å². The minimum absolute atomic E-state index is 0.0769. The van der Waals surface area contributed by atoms with Gasteiger partial charge in [-0.1, -0.05) is 18.5 Å². The summed E-state index contributed by atoms with van der Waals surface area (Å²) < 4.78 is 6.15. The second kappa shape index (κ2) is 9.08. The van der Waals surface area contributed by atoms with E-state index in [1.165, 1.54) is 5.56 Å². The average molecular weight is 492 g/mol. The van der Waals surface area contributed by atoms with Crippen molar-refractivity contribution in [1.29, 1.82) is 0 Å². The molecule has 1 N–H and O–H groups in total. The second-order valence-electron chi connectivity index (χ2n) is 8.84. The Hall–Kier alpha value is -2.83. The van der Waals surface area contributed by atoms with E-state index in [2.05, 4.69) is 31.1 Å². The lowest BCUT2D eigenvalue weighted by molar-refractivity contribution is -0.115. The predicted molar refractivity (Wildman–Crippen MR) is 138 cm³/mol. The molecule has 5 nitrogen and oxygen atoms in total. The smallest absolute Gasteiger partial charge is 0.230 e. The summed E-state index contributed by atoms with van der Waals surface area (Å²) in [7, 11) is 0. The largest absolute Gasteiger partial charge is 0.440 e. The molecule has 1 aliphatic rings. The highest BCUT2D eigenvalue weighted by Crippen LogP contribution is 2.55. The summed E-state index contributed by atoms with van der Waals surface area (Å²) in [6, 6.07) is 13.5. The number of thioether (sulfide) groups is 1. The van der Waals surface area contributed by atoms with Crippen molar-refractivity contribution < 1.29 is 9.21 Å². The molecule has 0 spiro atoms. The summed E-state index contributed by atoms with van der Waals surface area (Å²) in [5.74, 6) is 1.66. The van der Waals surface area contributed by atoms with Crippen LogP contribution < -0.4 is 5.32 Å². The molecule has 0 saturated heterocycles. The molecule has 0 radical (unpaired) electrons. The molecule has 1 amide bonds. The predicted octanol–water partition coefficient (Wildman–Crippen LogP) is 6.87. The Bertz CT molecular complexity index is 1350. The first-order valence-electron chi connectivity index (χ1n) is 11.4. The van der Waals surface area contributed by atoms with Crippen LogP contribution in [0.5, 0.6) is 0 Å². The van der Waals surface area contributed by atoms with Crippen molar-refractivity contribution in [2.45, 2.75) is 50.3 Å². The summed E-state index contributed by atoms with van der Waals surface area (Å²) in [5.41, 5.74) is 6.33. The lowest BCUT2D eigenvalue weighted by atomic mass is 9.87. The first-order chi connectivity index (χ1) is 16.4. The zero-order valence-corrected chi connectivity index (χ0v) is 21.0. The molecule has 1 aliphatic carbocycles. The van der Waals surface area contributed by atoms with E-state index in [0.717, 1.165) is 57.4 Å². The van der Waals surface area contributed by atoms with Crippen LogP contribution in [0.4, 0.5) is 5.69 Å². The highest BCUT2D eigenvalue weighted by molar-refractivity contribution is 7.99. The third kappa shape index (κ3) is 4.44. The van der Waals surface area contributed by atoms with Crippen LogP contribution in [0.1, 0.15) is 48.0 Å². The average Bonchev–Trinajstić information content (AvgIpc) is 3.46. The number of halogens is 1. The fourth-order valence-electron chi connectivity index (χ4n) is 4.73. The van der Waals surface area contributed by atoms with E-state index in [-0.39, 0.29) is 17.7 Å². The first kappa shape index (κ1) is 22.9. The number of oxazole rings is 1. The lowest BCUT2D eigenvalue weighted by Gasteiger charge is -2.19. The van der Waals surface area contributed by atoms with Crippen LogP contribution in [0.2, 0.25) is 5.02 Å². The van der Waals surface area contributed by atoms with Crippen LogP contribution in [-0.2, 0) is 16.6 Å². The number of aryl methyl sites for hydroxylation is 2. The minimum atomic E-state index is -0.218. The van der Waals surface area contributed by atoms with Gasteiger partial charge in [0.05, 0.1) is 11.8 Å². The summed E-state index contributed by atoms with van der Waals surface area (Å²) in [6.45, 7) is 6.28. The number of pyridine rings is 1. The van der Waals surface area contributed by atoms with Crippen LogP contribution in [0, 0.1) is 13.8 Å². The van der Waals surface area contributed by atoms with Gasteiger partial charge in [-0.25, -0.2) is 4.98 Å². The molecule has 34 heavy (non-hydrogen) atoms. The van der Waals surface area contributed by atoms with Gasteiger partial charge >= 0.3 is 0 Å². The maximum atomic E-state index is 12.7. The maximum Gasteiger partial charge on any atom is 0.230 e. The Labute approximate surface area is 208 Å². The maximum absolute atomic E-state index is 12.7. The first-order valence-corrected chi connectivity index (χ1v) is 12.8. The topological polar surface area (TPSA) is 68.0 Å². The summed E-state index contributed by atoms with van der Waals surface area (Å²) in [6.07, 6.45) is 4.04. The van der Waals surface area contributed by atoms with Crippen LogP contribution >= 0.6 is 23.4 Å². The number of hydrogen-bond acceptors (Lipinski definition) is 5. The molecule has 0 unspecified atom stereocenters. The van der Waals surface area contributed by atoms with E-state index in [1.807, 2.05) is 48.7 Å². The fraction of sp³-hybridized carbons (Fsp3) is 0.296. The number of aromatic nitrogens is 2. The number of nitrogens with zero attached hydrogens (tertiary/aromatic N) is 2. The van der Waals surface area contributed by atoms with Gasteiger partial charge in [-0.2, -0.15) is 0 Å². The number of fused-ring (bicyclic) bond motifs is 1. The highest BCUT2D eigenvalue weighted by atomic mass is 35.5. The molecular formula is C27H26ClN3O2S. The number of carbonyl (C=O) groups is 1. The van der Waals surface area contributed by atoms with Gasteiger partial charge in [0.25, 0.3) is 0 Å². The Morgan fingerprint density at radius 1 is 1.15 bits per heavy atom. The monoisotopic (exact) mass is 491 g/mol. The molecule has 2 aromatic heterocycles. The third-order valence-corrected chi connectivity index (χ3v) is 7.35. The quantitative estimate of drug-likeness (QED) is 0.286. The molecule has 0 atom stereocenters. The number of rotatable bonds is 7. The van der Waals surface area contributed by atoms with Crippen molar-refractivity contribution in [1.82, 2.24) is 9.97 Å². The van der Waals surface area contributed by atoms with Crippen molar-refractivity contribution >= 4 is 46.1 Å². The van der Waals surface area contributed by atoms with Gasteiger partial charge in [0.1, 0.15) is 5.52 Å². The van der Waals surface area contributed by atoms with Crippen LogP contribution in [0.3, 0.4) is 0 Å². The highest BCUT2D eigenvalue weighted by Gasteiger charge is 2.52. The van der Waals surface area contributed by atoms with Crippen molar-refractivity contribution in [3.05, 3.63) is 82.0 Å². The van der Waals surface area contributed by atoms with E-state index < -0.39 is 0 Å². The number of hydrogen-bond donors (Lipinski definition) is 1. The Balaban J connectivity index is 1.35. The number of benzene rings is 2. The van der Waals surface area contributed by atoms with Crippen molar-refractivity contribution in [3.63, 3.8) is 0 Å². The van der Waals surface area contributed by atoms with E-state index >= 15 is 0 Å². The van der Waals surface area contributed by atoms with Gasteiger partial charge in [0, 0.05) is 33.6 Å². The Kier molecular flexibility index (Phi) is 6.13. The third-order valence-electron chi connectivity index (χ3n) is 6.26. The number of nitrogens with one attached hydrogen (secondary N) is 1. The van der Waals surface area contributed by atoms with Gasteiger partial charge in [0.2, 0.25) is 11.8 Å². The molecular weight excluding hydrogens is 466 g/mol. The number of carbonyl (C=O) groups excluding carboxylic acids is 1. The molecule has 4 aromatic rings. The lowest BCUT2D eigenvalue weighted by Crippen LogP contribution is -2.17. The number of anilines is 1. The molecule has 1 saturated carbocycles. The fourth-order valence-corrected chi connectivity index (χ4v) is 5.51. The van der Waals surface area contributed by atoms with Gasteiger partial charge in [-0.3, -0.25) is 9.78 Å². The summed E-state index contributed by atoms with van der Waals surface area (Å²) in [5, 5.41) is 3.68. The molecule has 0 aliphatic heterocycles. The zero-order chi connectivity index (χ0) is 23.9. The molecule has 174 valence electrons. The normalized spacial score (nSPS) is 14.4. The van der Waals surface area contributed by atoms with Crippen molar-refractivity contribution in [3.8, 4) is 0 Å². The van der Waals surface area contributed by atoms with Gasteiger partial charge in [0.15, 0.2) is 5.58 Å². The van der Waals surface area contributed by atoms with Gasteiger partial charge in [-0.15, -0.1) is 11.8 Å². The zero-order valence-electron chi connectivity index (χ0n) is 19.4. The summed E-state index contributed by atoms with van der Waals surface area (Å²) in [4.78, 5) is 23.0. The Morgan fingerprint density at radius 3 is 2.56 bits per heavy atom. The standard InChI is InChI=1S/C27H26ClN3O2S/c1-4-34-21-7-6-19(29-15-21)14-24(32)30-20-11-16(2)25(17(3)12-20)27(9-10-27)26-31-22-8-5-18(28)13-23(22)33-26/h5-8,11-13,15H,4,9-10,14H2,1-3H3,(H,30,32). The molecule has 2 aromatic carbocycles. The second-order valence-corrected chi connectivity index (χ2v) is 10.6. The number of amides is 1. The van der Waals surface area contributed by atoms with E-state index in [0.29, 0.717) is 10.6 Å². The van der Waals surface area contributed by atoms with E-state index in [1.54, 1.807) is 11.8 Å². The van der Waals surface area contributed by atoms with Crippen LogP contribution in [0.15, 0.2) is 58.0 Å². The Morgan fingerprint density at radius 2 is 1.91 bits per heavy atom. The molecule has 5 rings (SSSR count). The van der Waals surface area contributed by atoms with Crippen molar-refractivity contribution in [2.75, 3.05) is 11.1 Å². The molecule has 1 fully saturated rings. The molecule has 2 heterocycles. The SMILES string of the molecule is CCSc1ccc(CC(=O)Nc2cc(C)c(C3(c4nc5ccc(Cl)cc5o4)CC3)c(C)c2)nc1. The van der Waals surface area contributed by atoms with E-state index in [9.17, 15) is 4.79 Å². The minimum Gasteiger partial charge on any atom is -0.440 e. The molecule has 0 bridgehead atoms.